The minimum Gasteiger partial charge on any atom is -0.493 e. The maximum Gasteiger partial charge on any atom is 0.287 e. The molecule has 0 amide bonds. The molecule has 2 aromatic rings. The summed E-state index contributed by atoms with van der Waals surface area (Å²) in [5.41, 5.74) is -0.433. The summed E-state index contributed by atoms with van der Waals surface area (Å²) < 4.78 is 23.6. The Morgan fingerprint density at radius 2 is 2.00 bits per heavy atom. The van der Waals surface area contributed by atoms with Crippen molar-refractivity contribution in [2.75, 3.05) is 14.2 Å². The van der Waals surface area contributed by atoms with Gasteiger partial charge in [0.1, 0.15) is 5.82 Å². The minimum absolute atomic E-state index is 0.00500. The standard InChI is InChI=1S/C13H12ClFN2O3/c1-6-10(15)13(18)17-12(16-6)7-4-5-8(19-2)11(20-3)9(7)14/h4-5H,1-3H3,(H,16,17,18). The van der Waals surface area contributed by atoms with Gasteiger partial charge in [0.05, 0.1) is 24.9 Å². The number of methoxy groups -OCH3 is 2. The predicted molar refractivity (Wildman–Crippen MR) is 73.1 cm³/mol. The number of aryl methyl sites for hydroxylation is 1. The molecule has 0 radical (unpaired) electrons. The van der Waals surface area contributed by atoms with Gasteiger partial charge in [0, 0.05) is 5.56 Å². The zero-order valence-electron chi connectivity index (χ0n) is 11.1. The third kappa shape index (κ3) is 2.34. The van der Waals surface area contributed by atoms with E-state index in [1.165, 1.54) is 21.1 Å². The number of hydrogen-bond donors (Lipinski definition) is 1. The first-order chi connectivity index (χ1) is 9.49. The molecular formula is C13H12ClFN2O3. The van der Waals surface area contributed by atoms with Crippen molar-refractivity contribution in [3.63, 3.8) is 0 Å². The number of H-pyrrole nitrogens is 1. The highest BCUT2D eigenvalue weighted by Crippen LogP contribution is 2.40. The summed E-state index contributed by atoms with van der Waals surface area (Å²) >= 11 is 6.21. The lowest BCUT2D eigenvalue weighted by molar-refractivity contribution is 0.355. The number of ether oxygens (including phenoxy) is 2. The number of aromatic amines is 1. The van der Waals surface area contributed by atoms with Crippen molar-refractivity contribution in [2.45, 2.75) is 6.92 Å². The van der Waals surface area contributed by atoms with Crippen LogP contribution in [-0.4, -0.2) is 24.2 Å². The summed E-state index contributed by atoms with van der Waals surface area (Å²) in [4.78, 5) is 17.8. The molecule has 106 valence electrons. The van der Waals surface area contributed by atoms with Crippen molar-refractivity contribution < 1.29 is 13.9 Å². The summed E-state index contributed by atoms with van der Waals surface area (Å²) in [6.45, 7) is 1.41. The minimum atomic E-state index is -0.912. The second-order valence-electron chi connectivity index (χ2n) is 3.98. The Morgan fingerprint density at radius 1 is 1.30 bits per heavy atom. The highest BCUT2D eigenvalue weighted by molar-refractivity contribution is 6.35. The maximum absolute atomic E-state index is 13.3. The van der Waals surface area contributed by atoms with Gasteiger partial charge in [-0.2, -0.15) is 4.39 Å². The van der Waals surface area contributed by atoms with E-state index >= 15 is 0 Å². The highest BCUT2D eigenvalue weighted by atomic mass is 35.5. The Hall–Kier alpha value is -2.08. The molecule has 1 heterocycles. The fourth-order valence-corrected chi connectivity index (χ4v) is 2.09. The van der Waals surface area contributed by atoms with E-state index in [2.05, 4.69) is 9.97 Å². The Bertz CT molecular complexity index is 715. The molecule has 0 bridgehead atoms. The highest BCUT2D eigenvalue weighted by Gasteiger charge is 2.17. The van der Waals surface area contributed by atoms with Crippen LogP contribution >= 0.6 is 11.6 Å². The van der Waals surface area contributed by atoms with Crippen molar-refractivity contribution in [1.29, 1.82) is 0 Å². The van der Waals surface area contributed by atoms with Crippen LogP contribution in [0.5, 0.6) is 11.5 Å². The van der Waals surface area contributed by atoms with Crippen molar-refractivity contribution in [3.8, 4) is 22.9 Å². The first-order valence-corrected chi connectivity index (χ1v) is 6.04. The van der Waals surface area contributed by atoms with Gasteiger partial charge in [-0.3, -0.25) is 4.79 Å². The second kappa shape index (κ2) is 5.50. The lowest BCUT2D eigenvalue weighted by atomic mass is 10.1. The fourth-order valence-electron chi connectivity index (χ4n) is 1.77. The first-order valence-electron chi connectivity index (χ1n) is 5.66. The van der Waals surface area contributed by atoms with Gasteiger partial charge >= 0.3 is 0 Å². The predicted octanol–water partition coefficient (Wildman–Crippen LogP) is 2.56. The van der Waals surface area contributed by atoms with Crippen LogP contribution in [0.4, 0.5) is 4.39 Å². The summed E-state index contributed by atoms with van der Waals surface area (Å²) in [7, 11) is 2.93. The molecular weight excluding hydrogens is 287 g/mol. The van der Waals surface area contributed by atoms with Crippen molar-refractivity contribution in [1.82, 2.24) is 9.97 Å². The van der Waals surface area contributed by atoms with Crippen LogP contribution in [0, 0.1) is 12.7 Å². The van der Waals surface area contributed by atoms with E-state index in [-0.39, 0.29) is 16.5 Å². The quantitative estimate of drug-likeness (QED) is 0.946. The number of rotatable bonds is 3. The van der Waals surface area contributed by atoms with Gasteiger partial charge in [-0.15, -0.1) is 0 Å². The number of nitrogens with one attached hydrogen (secondary N) is 1. The zero-order chi connectivity index (χ0) is 14.9. The van der Waals surface area contributed by atoms with E-state index in [1.54, 1.807) is 12.1 Å². The van der Waals surface area contributed by atoms with E-state index in [0.717, 1.165) is 0 Å². The van der Waals surface area contributed by atoms with Gasteiger partial charge in [-0.25, -0.2) is 4.98 Å². The molecule has 1 aromatic heterocycles. The summed E-state index contributed by atoms with van der Waals surface area (Å²) in [6, 6.07) is 3.23. The van der Waals surface area contributed by atoms with E-state index in [4.69, 9.17) is 21.1 Å². The summed E-state index contributed by atoms with van der Waals surface area (Å²) in [5, 5.41) is 0.223. The molecule has 0 fully saturated rings. The van der Waals surface area contributed by atoms with Crippen LogP contribution in [-0.2, 0) is 0 Å². The maximum atomic E-state index is 13.3. The van der Waals surface area contributed by atoms with E-state index in [9.17, 15) is 9.18 Å². The van der Waals surface area contributed by atoms with Gasteiger partial charge in [0.2, 0.25) is 5.82 Å². The number of halogens is 2. The first kappa shape index (κ1) is 14.3. The Labute approximate surface area is 119 Å². The molecule has 0 aliphatic rings. The van der Waals surface area contributed by atoms with E-state index in [1.807, 2.05) is 0 Å². The average molecular weight is 299 g/mol. The number of benzene rings is 1. The van der Waals surface area contributed by atoms with E-state index in [0.29, 0.717) is 17.1 Å². The monoisotopic (exact) mass is 298 g/mol. The molecule has 0 aliphatic carbocycles. The normalized spacial score (nSPS) is 10.4. The van der Waals surface area contributed by atoms with Crippen LogP contribution in [0.2, 0.25) is 5.02 Å². The summed E-state index contributed by atoms with van der Waals surface area (Å²) in [5.74, 6) is 0.0175. The second-order valence-corrected chi connectivity index (χ2v) is 4.35. The van der Waals surface area contributed by atoms with Crippen molar-refractivity contribution in [2.24, 2.45) is 0 Å². The average Bonchev–Trinajstić information content (AvgIpc) is 2.43. The Morgan fingerprint density at radius 3 is 2.55 bits per heavy atom. The van der Waals surface area contributed by atoms with Gasteiger partial charge in [-0.1, -0.05) is 11.6 Å². The third-order valence-corrected chi connectivity index (χ3v) is 3.14. The largest absolute Gasteiger partial charge is 0.493 e. The molecule has 0 saturated carbocycles. The van der Waals surface area contributed by atoms with Crippen LogP contribution in [0.15, 0.2) is 16.9 Å². The van der Waals surface area contributed by atoms with Crippen LogP contribution in [0.1, 0.15) is 5.69 Å². The van der Waals surface area contributed by atoms with Crippen LogP contribution in [0.25, 0.3) is 11.4 Å². The number of nitrogens with zero attached hydrogens (tertiary/aromatic N) is 1. The van der Waals surface area contributed by atoms with Crippen molar-refractivity contribution in [3.05, 3.63) is 39.0 Å². The third-order valence-electron chi connectivity index (χ3n) is 2.77. The van der Waals surface area contributed by atoms with Gasteiger partial charge in [0.15, 0.2) is 11.5 Å². The molecule has 0 atom stereocenters. The number of hydrogen-bond acceptors (Lipinski definition) is 4. The Balaban J connectivity index is 2.68. The SMILES string of the molecule is COc1ccc(-c2nc(C)c(F)c(=O)[nH]2)c(Cl)c1OC. The molecule has 0 saturated heterocycles. The van der Waals surface area contributed by atoms with Gasteiger partial charge in [0.25, 0.3) is 5.56 Å². The molecule has 20 heavy (non-hydrogen) atoms. The molecule has 7 heteroatoms. The topological polar surface area (TPSA) is 64.2 Å². The molecule has 5 nitrogen and oxygen atoms in total. The number of aromatic nitrogens is 2. The van der Waals surface area contributed by atoms with Crippen LogP contribution in [0.3, 0.4) is 0 Å². The van der Waals surface area contributed by atoms with Crippen molar-refractivity contribution >= 4 is 11.6 Å². The Kier molecular flexibility index (Phi) is 3.94. The lowest BCUT2D eigenvalue weighted by Gasteiger charge is -2.12. The fraction of sp³-hybridized carbons (Fsp3) is 0.231. The van der Waals surface area contributed by atoms with E-state index < -0.39 is 11.4 Å². The van der Waals surface area contributed by atoms with Gasteiger partial charge in [-0.05, 0) is 19.1 Å². The molecule has 2 rings (SSSR count). The lowest BCUT2D eigenvalue weighted by Crippen LogP contribution is -2.15. The molecule has 0 aliphatic heterocycles. The smallest absolute Gasteiger partial charge is 0.287 e. The zero-order valence-corrected chi connectivity index (χ0v) is 11.8. The van der Waals surface area contributed by atoms with Crippen LogP contribution < -0.4 is 15.0 Å². The molecule has 0 unspecified atom stereocenters. The summed E-state index contributed by atoms with van der Waals surface area (Å²) in [6.07, 6.45) is 0. The molecule has 0 spiro atoms. The van der Waals surface area contributed by atoms with Gasteiger partial charge < -0.3 is 14.5 Å². The molecule has 1 aromatic carbocycles. The molecule has 1 N–H and O–H groups in total.